The first-order valence-corrected chi connectivity index (χ1v) is 7.74. The van der Waals surface area contributed by atoms with E-state index in [0.29, 0.717) is 0 Å². The van der Waals surface area contributed by atoms with Gasteiger partial charge in [-0.15, -0.1) is 0 Å². The molecule has 0 saturated heterocycles. The molecule has 0 aliphatic heterocycles. The normalized spacial score (nSPS) is 10.8. The zero-order valence-electron chi connectivity index (χ0n) is 12.0. The van der Waals surface area contributed by atoms with Crippen LogP contribution in [0.2, 0.25) is 0 Å². The van der Waals surface area contributed by atoms with Crippen molar-refractivity contribution in [2.45, 2.75) is 20.3 Å². The number of halogens is 1. The summed E-state index contributed by atoms with van der Waals surface area (Å²) in [4.78, 5) is 8.87. The minimum Gasteiger partial charge on any atom is -0.353 e. The van der Waals surface area contributed by atoms with Crippen molar-refractivity contribution in [2.24, 2.45) is 0 Å². The van der Waals surface area contributed by atoms with Gasteiger partial charge < -0.3 is 5.32 Å². The first-order valence-electron chi connectivity index (χ1n) is 6.95. The summed E-state index contributed by atoms with van der Waals surface area (Å²) in [6.07, 6.45) is 4.60. The molecule has 0 spiro atoms. The molecule has 0 fully saturated rings. The van der Waals surface area contributed by atoms with Crippen molar-refractivity contribution in [3.63, 3.8) is 0 Å². The molecule has 0 radical (unpaired) electrons. The Hall–Kier alpha value is -1.94. The van der Waals surface area contributed by atoms with E-state index in [9.17, 15) is 0 Å². The van der Waals surface area contributed by atoms with Crippen molar-refractivity contribution in [2.75, 3.05) is 5.32 Å². The van der Waals surface area contributed by atoms with Gasteiger partial charge in [0.15, 0.2) is 0 Å². The lowest BCUT2D eigenvalue weighted by molar-refractivity contribution is 1.13. The van der Waals surface area contributed by atoms with Crippen molar-refractivity contribution in [1.29, 1.82) is 0 Å². The molecule has 0 saturated carbocycles. The maximum Gasteiger partial charge on any atom is 0.112 e. The fourth-order valence-corrected chi connectivity index (χ4v) is 2.76. The molecule has 1 N–H and O–H groups in total. The molecule has 1 aromatic carbocycles. The highest BCUT2D eigenvalue weighted by Gasteiger charge is 2.08. The monoisotopic (exact) mass is 341 g/mol. The second-order valence-electron chi connectivity index (χ2n) is 4.97. The number of benzene rings is 1. The molecule has 0 bridgehead atoms. The summed E-state index contributed by atoms with van der Waals surface area (Å²) in [5.41, 5.74) is 6.44. The molecule has 0 aliphatic rings. The summed E-state index contributed by atoms with van der Waals surface area (Å²) in [6, 6.07) is 10.3. The lowest BCUT2D eigenvalue weighted by Crippen LogP contribution is -1.99. The van der Waals surface area contributed by atoms with Crippen LogP contribution in [0.25, 0.3) is 11.0 Å². The molecule has 21 heavy (non-hydrogen) atoms. The second kappa shape index (κ2) is 5.82. The van der Waals surface area contributed by atoms with Crippen molar-refractivity contribution in [3.8, 4) is 0 Å². The molecular formula is C17H16BrN3. The molecular weight excluding hydrogens is 326 g/mol. The quantitative estimate of drug-likeness (QED) is 0.727. The Morgan fingerprint density at radius 2 is 2.05 bits per heavy atom. The summed E-state index contributed by atoms with van der Waals surface area (Å²) in [5, 5.41) is 3.54. The van der Waals surface area contributed by atoms with Crippen LogP contribution < -0.4 is 5.32 Å². The highest BCUT2D eigenvalue weighted by molar-refractivity contribution is 9.10. The van der Waals surface area contributed by atoms with E-state index in [1.807, 2.05) is 18.3 Å². The summed E-state index contributed by atoms with van der Waals surface area (Å²) >= 11 is 3.44. The van der Waals surface area contributed by atoms with Gasteiger partial charge in [0, 0.05) is 22.6 Å². The highest BCUT2D eigenvalue weighted by Crippen LogP contribution is 2.29. The zero-order valence-corrected chi connectivity index (χ0v) is 13.6. The first-order chi connectivity index (χ1) is 10.2. The minimum absolute atomic E-state index is 0.876. The number of aryl methyl sites for hydroxylation is 2. The average molecular weight is 342 g/mol. The van der Waals surface area contributed by atoms with E-state index in [2.05, 4.69) is 63.3 Å². The van der Waals surface area contributed by atoms with E-state index >= 15 is 0 Å². The van der Waals surface area contributed by atoms with Crippen molar-refractivity contribution in [1.82, 2.24) is 9.97 Å². The molecule has 0 amide bonds. The van der Waals surface area contributed by atoms with Crippen LogP contribution in [-0.2, 0) is 6.42 Å². The average Bonchev–Trinajstić information content (AvgIpc) is 2.49. The second-order valence-corrected chi connectivity index (χ2v) is 5.88. The molecule has 0 unspecified atom stereocenters. The van der Waals surface area contributed by atoms with Gasteiger partial charge in [-0.3, -0.25) is 9.97 Å². The molecule has 3 rings (SSSR count). The summed E-state index contributed by atoms with van der Waals surface area (Å²) < 4.78 is 0.935. The van der Waals surface area contributed by atoms with Crippen LogP contribution in [0.3, 0.4) is 0 Å². The zero-order chi connectivity index (χ0) is 14.8. The SMILES string of the molecule is CCc1cccc(C)c1Nc1ccnc2cc(Br)cnc12. The summed E-state index contributed by atoms with van der Waals surface area (Å²) in [6.45, 7) is 4.29. The number of fused-ring (bicyclic) bond motifs is 1. The molecule has 4 heteroatoms. The lowest BCUT2D eigenvalue weighted by Gasteiger charge is -2.15. The fourth-order valence-electron chi connectivity index (χ4n) is 2.44. The predicted octanol–water partition coefficient (Wildman–Crippen LogP) is 5.01. The molecule has 0 atom stereocenters. The Labute approximate surface area is 132 Å². The van der Waals surface area contributed by atoms with E-state index in [1.54, 1.807) is 6.20 Å². The van der Waals surface area contributed by atoms with Crippen LogP contribution in [0.1, 0.15) is 18.1 Å². The van der Waals surface area contributed by atoms with E-state index in [-0.39, 0.29) is 0 Å². The third-order valence-corrected chi connectivity index (χ3v) is 3.98. The molecule has 106 valence electrons. The van der Waals surface area contributed by atoms with Gasteiger partial charge in [-0.1, -0.05) is 25.1 Å². The summed E-state index contributed by atoms with van der Waals surface area (Å²) in [5.74, 6) is 0. The van der Waals surface area contributed by atoms with Gasteiger partial charge >= 0.3 is 0 Å². The Morgan fingerprint density at radius 1 is 1.19 bits per heavy atom. The number of nitrogens with zero attached hydrogens (tertiary/aromatic N) is 2. The number of anilines is 2. The van der Waals surface area contributed by atoms with Crippen molar-refractivity contribution < 1.29 is 0 Å². The standard InChI is InChI=1S/C17H16BrN3/c1-3-12-6-4-5-11(2)16(12)21-14-7-8-19-15-9-13(18)10-20-17(14)15/h4-10H,3H2,1-2H3,(H,19,21). The lowest BCUT2D eigenvalue weighted by atomic mass is 10.1. The minimum atomic E-state index is 0.876. The Kier molecular flexibility index (Phi) is 3.88. The molecule has 0 aliphatic carbocycles. The van der Waals surface area contributed by atoms with Crippen LogP contribution >= 0.6 is 15.9 Å². The maximum atomic E-state index is 4.49. The van der Waals surface area contributed by atoms with Crippen LogP contribution in [-0.4, -0.2) is 9.97 Å². The van der Waals surface area contributed by atoms with Gasteiger partial charge in [0.2, 0.25) is 0 Å². The maximum absolute atomic E-state index is 4.49. The van der Waals surface area contributed by atoms with Gasteiger partial charge in [0.25, 0.3) is 0 Å². The largest absolute Gasteiger partial charge is 0.353 e. The van der Waals surface area contributed by atoms with E-state index < -0.39 is 0 Å². The Morgan fingerprint density at radius 3 is 2.86 bits per heavy atom. The molecule has 3 nitrogen and oxygen atoms in total. The van der Waals surface area contributed by atoms with E-state index in [4.69, 9.17) is 0 Å². The first kappa shape index (κ1) is 14.0. The van der Waals surface area contributed by atoms with Crippen molar-refractivity contribution in [3.05, 3.63) is 58.3 Å². The summed E-state index contributed by atoms with van der Waals surface area (Å²) in [7, 11) is 0. The van der Waals surface area contributed by atoms with Gasteiger partial charge in [0.05, 0.1) is 11.2 Å². The van der Waals surface area contributed by atoms with Crippen LogP contribution in [0, 0.1) is 6.92 Å². The smallest absolute Gasteiger partial charge is 0.112 e. The molecule has 3 aromatic rings. The third-order valence-electron chi connectivity index (χ3n) is 3.54. The van der Waals surface area contributed by atoms with Gasteiger partial charge in [0.1, 0.15) is 5.52 Å². The Bertz CT molecular complexity index is 799. The molecule has 2 heterocycles. The van der Waals surface area contributed by atoms with Gasteiger partial charge in [-0.2, -0.15) is 0 Å². The predicted molar refractivity (Wildman–Crippen MR) is 91.1 cm³/mol. The molecule has 2 aromatic heterocycles. The number of hydrogen-bond acceptors (Lipinski definition) is 3. The number of para-hydroxylation sites is 1. The fraction of sp³-hybridized carbons (Fsp3) is 0.176. The van der Waals surface area contributed by atoms with Gasteiger partial charge in [-0.05, 0) is 52.5 Å². The Balaban J connectivity index is 2.11. The third kappa shape index (κ3) is 2.76. The number of rotatable bonds is 3. The number of pyridine rings is 2. The van der Waals surface area contributed by atoms with Crippen LogP contribution in [0.5, 0.6) is 0 Å². The topological polar surface area (TPSA) is 37.8 Å². The highest BCUT2D eigenvalue weighted by atomic mass is 79.9. The number of hydrogen-bond donors (Lipinski definition) is 1. The number of nitrogens with one attached hydrogen (secondary N) is 1. The van der Waals surface area contributed by atoms with E-state index in [1.165, 1.54) is 11.1 Å². The van der Waals surface area contributed by atoms with Gasteiger partial charge in [-0.25, -0.2) is 0 Å². The number of aromatic nitrogens is 2. The van der Waals surface area contributed by atoms with Crippen LogP contribution in [0.15, 0.2) is 47.2 Å². The van der Waals surface area contributed by atoms with E-state index in [0.717, 1.165) is 33.3 Å². The van der Waals surface area contributed by atoms with Crippen LogP contribution in [0.4, 0.5) is 11.4 Å². The van der Waals surface area contributed by atoms with Crippen molar-refractivity contribution >= 4 is 38.3 Å².